The van der Waals surface area contributed by atoms with E-state index >= 15 is 0 Å². The number of benzene rings is 10. The Morgan fingerprint density at radius 2 is 1.00 bits per heavy atom. The summed E-state index contributed by atoms with van der Waals surface area (Å²) >= 11 is 0. The predicted octanol–water partition coefficient (Wildman–Crippen LogP) is 13.7. The number of nitrogens with zero attached hydrogens (tertiary/aromatic N) is 1. The number of hydrogen-bond donors (Lipinski definition) is 0. The highest BCUT2D eigenvalue weighted by Gasteiger charge is 2.16. The van der Waals surface area contributed by atoms with E-state index in [4.69, 9.17) is 4.42 Å². The fourth-order valence-corrected chi connectivity index (χ4v) is 8.45. The molecule has 1 aromatic heterocycles. The maximum atomic E-state index is 9.56. The summed E-state index contributed by atoms with van der Waals surface area (Å²) in [4.78, 5) is 0. The van der Waals surface area contributed by atoms with Gasteiger partial charge in [-0.25, -0.2) is 0 Å². The average Bonchev–Trinajstić information content (AvgIpc) is 3.58. The van der Waals surface area contributed by atoms with Gasteiger partial charge in [0.2, 0.25) is 0 Å². The van der Waals surface area contributed by atoms with E-state index in [-0.39, 0.29) is 0 Å². The van der Waals surface area contributed by atoms with E-state index in [1.807, 2.05) is 12.1 Å². The lowest BCUT2D eigenvalue weighted by Crippen LogP contribution is -1.88. The standard InChI is InChI=1S/C49H27NO/c50-28-29-16-17-34-25-42(37-13-4-3-12-36(37)41(34)22-29)33-10-7-9-31(23-33)32-18-20-40-43(24-32)38-14-5-6-15-39(38)44-26-46-48(27-45(40)44)51-47-21-19-30-8-1-2-11-35(30)49(46)47/h1-27H. The zero-order chi connectivity index (χ0) is 33.6. The summed E-state index contributed by atoms with van der Waals surface area (Å²) in [6.45, 7) is 0. The molecule has 11 rings (SSSR count). The van der Waals surface area contributed by atoms with Crippen molar-refractivity contribution in [3.05, 3.63) is 169 Å². The SMILES string of the molecule is N#Cc1ccc2cc(-c3cccc(-c4ccc5c(c4)c4ccccc4c4cc6c(cc54)oc4ccc5ccccc5c46)c3)c3ccccc3c2c1. The summed E-state index contributed by atoms with van der Waals surface area (Å²) in [7, 11) is 0. The van der Waals surface area contributed by atoms with Crippen LogP contribution in [-0.4, -0.2) is 0 Å². The van der Waals surface area contributed by atoms with E-state index in [1.54, 1.807) is 0 Å². The minimum absolute atomic E-state index is 0.676. The van der Waals surface area contributed by atoms with Crippen LogP contribution in [0.25, 0.3) is 109 Å². The fourth-order valence-electron chi connectivity index (χ4n) is 8.45. The Kier molecular flexibility index (Phi) is 5.77. The van der Waals surface area contributed by atoms with Crippen molar-refractivity contribution in [3.63, 3.8) is 0 Å². The first-order chi connectivity index (χ1) is 25.2. The first-order valence-corrected chi connectivity index (χ1v) is 17.3. The lowest BCUT2D eigenvalue weighted by molar-refractivity contribution is 0.670. The third-order valence-electron chi connectivity index (χ3n) is 10.8. The van der Waals surface area contributed by atoms with Crippen LogP contribution in [0.2, 0.25) is 0 Å². The monoisotopic (exact) mass is 645 g/mol. The molecule has 0 radical (unpaired) electrons. The Morgan fingerprint density at radius 3 is 1.82 bits per heavy atom. The van der Waals surface area contributed by atoms with Crippen molar-refractivity contribution in [1.29, 1.82) is 5.26 Å². The van der Waals surface area contributed by atoms with Gasteiger partial charge >= 0.3 is 0 Å². The molecule has 0 aliphatic rings. The van der Waals surface area contributed by atoms with Gasteiger partial charge in [0.05, 0.1) is 11.6 Å². The van der Waals surface area contributed by atoms with Gasteiger partial charge < -0.3 is 4.42 Å². The van der Waals surface area contributed by atoms with Crippen molar-refractivity contribution in [2.75, 3.05) is 0 Å². The summed E-state index contributed by atoms with van der Waals surface area (Å²) in [6, 6.07) is 61.0. The molecule has 0 N–H and O–H groups in total. The molecule has 0 unspecified atom stereocenters. The van der Waals surface area contributed by atoms with E-state index in [1.165, 1.54) is 76.1 Å². The molecule has 0 spiro atoms. The smallest absolute Gasteiger partial charge is 0.136 e. The van der Waals surface area contributed by atoms with E-state index in [9.17, 15) is 5.26 Å². The van der Waals surface area contributed by atoms with Crippen LogP contribution in [0.1, 0.15) is 5.56 Å². The van der Waals surface area contributed by atoms with Crippen molar-refractivity contribution >= 4 is 86.6 Å². The summed E-state index contributed by atoms with van der Waals surface area (Å²) in [5.74, 6) is 0. The van der Waals surface area contributed by atoms with Crippen molar-refractivity contribution < 1.29 is 4.42 Å². The molecule has 11 aromatic rings. The molecule has 2 nitrogen and oxygen atoms in total. The molecule has 51 heavy (non-hydrogen) atoms. The zero-order valence-corrected chi connectivity index (χ0v) is 27.4. The second-order valence-corrected chi connectivity index (χ2v) is 13.6. The van der Waals surface area contributed by atoms with E-state index in [0.717, 1.165) is 32.7 Å². The molecule has 0 amide bonds. The highest BCUT2D eigenvalue weighted by molar-refractivity contribution is 6.30. The molecule has 1 heterocycles. The first kappa shape index (κ1) is 27.9. The molecule has 0 fully saturated rings. The lowest BCUT2D eigenvalue weighted by Gasteiger charge is -2.14. The van der Waals surface area contributed by atoms with Crippen molar-refractivity contribution in [2.24, 2.45) is 0 Å². The molecule has 234 valence electrons. The topological polar surface area (TPSA) is 36.9 Å². The van der Waals surface area contributed by atoms with E-state index in [2.05, 4.69) is 158 Å². The summed E-state index contributed by atoms with van der Waals surface area (Å²) < 4.78 is 6.53. The number of nitriles is 1. The van der Waals surface area contributed by atoms with Gasteiger partial charge in [0.1, 0.15) is 11.2 Å². The fraction of sp³-hybridized carbons (Fsp3) is 0. The Balaban J connectivity index is 1.12. The average molecular weight is 646 g/mol. The van der Waals surface area contributed by atoms with Crippen LogP contribution >= 0.6 is 0 Å². The van der Waals surface area contributed by atoms with Gasteiger partial charge in [-0.2, -0.15) is 5.26 Å². The molecule has 2 heteroatoms. The maximum Gasteiger partial charge on any atom is 0.136 e. The summed E-state index contributed by atoms with van der Waals surface area (Å²) in [5, 5.41) is 26.3. The van der Waals surface area contributed by atoms with Gasteiger partial charge in [0.15, 0.2) is 0 Å². The van der Waals surface area contributed by atoms with Crippen LogP contribution in [0.15, 0.2) is 168 Å². The number of rotatable bonds is 2. The highest BCUT2D eigenvalue weighted by Crippen LogP contribution is 2.43. The van der Waals surface area contributed by atoms with Crippen LogP contribution in [-0.2, 0) is 0 Å². The van der Waals surface area contributed by atoms with Crippen LogP contribution in [0.5, 0.6) is 0 Å². The van der Waals surface area contributed by atoms with Gasteiger partial charge in [0, 0.05) is 10.8 Å². The molecule has 0 bridgehead atoms. The largest absolute Gasteiger partial charge is 0.456 e. The molecule has 0 aliphatic heterocycles. The Labute approximate surface area is 293 Å². The van der Waals surface area contributed by atoms with Crippen molar-refractivity contribution in [1.82, 2.24) is 0 Å². The van der Waals surface area contributed by atoms with Crippen LogP contribution < -0.4 is 0 Å². The molecule has 0 atom stereocenters. The quantitative estimate of drug-likeness (QED) is 0.175. The third kappa shape index (κ3) is 4.10. The zero-order valence-electron chi connectivity index (χ0n) is 27.4. The maximum absolute atomic E-state index is 9.56. The van der Waals surface area contributed by atoms with Crippen LogP contribution in [0.3, 0.4) is 0 Å². The van der Waals surface area contributed by atoms with Gasteiger partial charge in [-0.05, 0) is 135 Å². The molecular weight excluding hydrogens is 619 g/mol. The van der Waals surface area contributed by atoms with Crippen LogP contribution in [0, 0.1) is 11.3 Å². The third-order valence-corrected chi connectivity index (χ3v) is 10.8. The summed E-state index contributed by atoms with van der Waals surface area (Å²) in [5.41, 5.74) is 7.20. The molecule has 0 saturated heterocycles. The lowest BCUT2D eigenvalue weighted by atomic mass is 9.89. The highest BCUT2D eigenvalue weighted by atomic mass is 16.3. The van der Waals surface area contributed by atoms with Crippen LogP contribution in [0.4, 0.5) is 0 Å². The normalized spacial score (nSPS) is 11.9. The number of hydrogen-bond acceptors (Lipinski definition) is 2. The van der Waals surface area contributed by atoms with Gasteiger partial charge in [-0.1, -0.05) is 115 Å². The number of fused-ring (bicyclic) bond motifs is 14. The molecular formula is C49H27NO. The molecule has 10 aromatic carbocycles. The second kappa shape index (κ2) is 10.5. The first-order valence-electron chi connectivity index (χ1n) is 17.3. The van der Waals surface area contributed by atoms with E-state index in [0.29, 0.717) is 5.56 Å². The summed E-state index contributed by atoms with van der Waals surface area (Å²) in [6.07, 6.45) is 0. The number of furan rings is 1. The second-order valence-electron chi connectivity index (χ2n) is 13.6. The molecule has 0 saturated carbocycles. The Bertz CT molecular complexity index is 3320. The van der Waals surface area contributed by atoms with Gasteiger partial charge in [-0.15, -0.1) is 0 Å². The van der Waals surface area contributed by atoms with Crippen molar-refractivity contribution in [3.8, 4) is 28.3 Å². The minimum Gasteiger partial charge on any atom is -0.456 e. The van der Waals surface area contributed by atoms with E-state index < -0.39 is 0 Å². The van der Waals surface area contributed by atoms with Crippen molar-refractivity contribution in [2.45, 2.75) is 0 Å². The van der Waals surface area contributed by atoms with Gasteiger partial charge in [-0.3, -0.25) is 0 Å². The molecule has 0 aliphatic carbocycles. The minimum atomic E-state index is 0.676. The Hall–Kier alpha value is -6.95. The van der Waals surface area contributed by atoms with Gasteiger partial charge in [0.25, 0.3) is 0 Å². The predicted molar refractivity (Wildman–Crippen MR) is 214 cm³/mol. The Morgan fingerprint density at radius 1 is 0.353 bits per heavy atom.